The van der Waals surface area contributed by atoms with Gasteiger partial charge in [0.25, 0.3) is 0 Å². The molecule has 0 unspecified atom stereocenters. The summed E-state index contributed by atoms with van der Waals surface area (Å²) in [7, 11) is 4.67. The minimum absolute atomic E-state index is 0.00274. The van der Waals surface area contributed by atoms with E-state index in [0.717, 1.165) is 10.6 Å². The van der Waals surface area contributed by atoms with Crippen LogP contribution in [0.3, 0.4) is 0 Å². The summed E-state index contributed by atoms with van der Waals surface area (Å²) >= 11 is 1.56. The van der Waals surface area contributed by atoms with Crippen LogP contribution < -0.4 is 10.1 Å². The summed E-state index contributed by atoms with van der Waals surface area (Å²) in [6.45, 7) is 17.6. The van der Waals surface area contributed by atoms with Gasteiger partial charge < -0.3 is 34.6 Å². The Morgan fingerprint density at radius 3 is 2.27 bits per heavy atom. The summed E-state index contributed by atoms with van der Waals surface area (Å²) in [4.78, 5) is 80.4. The summed E-state index contributed by atoms with van der Waals surface area (Å²) in [5.41, 5.74) is 0.758. The number of benzene rings is 1. The van der Waals surface area contributed by atoms with Crippen LogP contribution in [-0.4, -0.2) is 130 Å². The highest BCUT2D eigenvalue weighted by Crippen LogP contribution is 2.34. The maximum Gasteiger partial charge on any atom is 0.329 e. The van der Waals surface area contributed by atoms with Gasteiger partial charge in [-0.05, 0) is 74.5 Å². The molecule has 1 saturated heterocycles. The number of hydrogen-bond acceptors (Lipinski definition) is 10. The molecular formula is C45H69N5O8S. The molecule has 4 rings (SSSR count). The fourth-order valence-corrected chi connectivity index (χ4v) is 9.25. The quantitative estimate of drug-likeness (QED) is 0.377. The van der Waals surface area contributed by atoms with Gasteiger partial charge in [0.2, 0.25) is 23.6 Å². The Morgan fingerprint density at radius 2 is 1.66 bits per heavy atom. The van der Waals surface area contributed by atoms with E-state index in [4.69, 9.17) is 14.5 Å². The zero-order valence-corrected chi connectivity index (χ0v) is 38.1. The second-order valence-electron chi connectivity index (χ2n) is 18.1. The predicted molar refractivity (Wildman–Crippen MR) is 232 cm³/mol. The third kappa shape index (κ3) is 11.9. The van der Waals surface area contributed by atoms with Crippen LogP contribution in [0.5, 0.6) is 5.75 Å². The average molecular weight is 840 g/mol. The molecule has 0 saturated carbocycles. The van der Waals surface area contributed by atoms with E-state index in [9.17, 15) is 29.1 Å². The lowest BCUT2D eigenvalue weighted by molar-refractivity contribution is -0.166. The van der Waals surface area contributed by atoms with Gasteiger partial charge in [-0.1, -0.05) is 73.1 Å². The van der Waals surface area contributed by atoms with Crippen molar-refractivity contribution in [3.8, 4) is 5.75 Å². The third-order valence-corrected chi connectivity index (χ3v) is 13.7. The molecule has 10 atom stereocenters. The minimum atomic E-state index is -1.03. The molecule has 13 nitrogen and oxygen atoms in total. The number of amides is 4. The second kappa shape index (κ2) is 20.6. The summed E-state index contributed by atoms with van der Waals surface area (Å²) in [6.07, 6.45) is 3.41. The van der Waals surface area contributed by atoms with Crippen molar-refractivity contribution >= 4 is 46.4 Å². The fraction of sp³-hybridized carbons (Fsp3) is 0.689. The lowest BCUT2D eigenvalue weighted by Gasteiger charge is -2.39. The Morgan fingerprint density at radius 1 is 1.00 bits per heavy atom. The molecule has 14 heteroatoms. The molecule has 3 aliphatic rings. The van der Waals surface area contributed by atoms with Gasteiger partial charge in [0.1, 0.15) is 36.0 Å². The molecule has 1 aromatic carbocycles. The number of carbonyl (C=O) groups is 5. The molecule has 0 radical (unpaired) electrons. The van der Waals surface area contributed by atoms with Crippen LogP contribution in [0.4, 0.5) is 0 Å². The zero-order valence-electron chi connectivity index (χ0n) is 37.3. The Hall–Kier alpha value is -3.91. The molecule has 1 aromatic rings. The SMILES string of the molecule is CC[C@@H](C)[C@H]1C(=O)N2CCC[C@H]2C(=O)O[C@H](C(C)(C)C)C[C@@H](C)C[C@H](O)[C@H](C)C2=N[C@@H](/C=C(\C)C(=O)N[C@@H](Cc3ccc(OC)cc3)C(=O)N(C)[C@@H](C)C(=O)N1C)CS2. The average Bonchev–Trinajstić information content (AvgIpc) is 3.89. The van der Waals surface area contributed by atoms with Crippen molar-refractivity contribution in [2.75, 3.05) is 33.5 Å². The first-order valence-electron chi connectivity index (χ1n) is 21.2. The van der Waals surface area contributed by atoms with Gasteiger partial charge in [0.05, 0.1) is 24.3 Å². The number of hydrogen-bond donors (Lipinski definition) is 2. The van der Waals surface area contributed by atoms with Gasteiger partial charge in [-0.2, -0.15) is 0 Å². The molecule has 2 bridgehead atoms. The minimum Gasteiger partial charge on any atom is -0.497 e. The van der Waals surface area contributed by atoms with Gasteiger partial charge in [-0.15, -0.1) is 11.8 Å². The Bertz CT molecular complexity index is 1730. The number of aliphatic hydroxyl groups is 1. The predicted octanol–water partition coefficient (Wildman–Crippen LogP) is 5.28. The van der Waals surface area contributed by atoms with Crippen molar-refractivity contribution in [2.45, 2.75) is 143 Å². The molecule has 3 aliphatic heterocycles. The van der Waals surface area contributed by atoms with Crippen LogP contribution in [-0.2, 0) is 35.1 Å². The van der Waals surface area contributed by atoms with Crippen LogP contribution in [0.1, 0.15) is 100.0 Å². The Labute approximate surface area is 356 Å². The number of nitrogens with one attached hydrogen (secondary N) is 1. The third-order valence-electron chi connectivity index (χ3n) is 12.4. The highest BCUT2D eigenvalue weighted by Gasteiger charge is 2.44. The Kier molecular flexibility index (Phi) is 16.7. The highest BCUT2D eigenvalue weighted by molar-refractivity contribution is 8.14. The van der Waals surface area contributed by atoms with Crippen LogP contribution in [0.2, 0.25) is 0 Å². The number of carbonyl (C=O) groups excluding carboxylic acids is 5. The number of likely N-dealkylation sites (N-methyl/N-ethyl adjacent to an activating group) is 2. The fourth-order valence-electron chi connectivity index (χ4n) is 8.11. The van der Waals surface area contributed by atoms with Crippen molar-refractivity contribution in [1.82, 2.24) is 20.0 Å². The first kappa shape index (κ1) is 47.8. The lowest BCUT2D eigenvalue weighted by Crippen LogP contribution is -2.59. The normalized spacial score (nSPS) is 31.6. The van der Waals surface area contributed by atoms with Gasteiger partial charge in [0.15, 0.2) is 0 Å². The van der Waals surface area contributed by atoms with Crippen LogP contribution >= 0.6 is 11.8 Å². The molecular weight excluding hydrogens is 771 g/mol. The molecule has 328 valence electrons. The molecule has 59 heavy (non-hydrogen) atoms. The molecule has 4 amide bonds. The molecule has 1 fully saturated rings. The van der Waals surface area contributed by atoms with Crippen LogP contribution in [0.25, 0.3) is 0 Å². The molecule has 2 N–H and O–H groups in total. The van der Waals surface area contributed by atoms with Gasteiger partial charge in [0, 0.05) is 44.3 Å². The van der Waals surface area contributed by atoms with Crippen LogP contribution in [0, 0.1) is 23.2 Å². The molecule has 3 heterocycles. The Balaban J connectivity index is 1.74. The molecule has 0 aromatic heterocycles. The lowest BCUT2D eigenvalue weighted by atomic mass is 9.81. The van der Waals surface area contributed by atoms with Crippen molar-refractivity contribution in [3.63, 3.8) is 0 Å². The maximum atomic E-state index is 14.6. The number of rotatable bonds is 5. The number of nitrogens with zero attached hydrogens (tertiary/aromatic N) is 4. The summed E-state index contributed by atoms with van der Waals surface area (Å²) in [5.74, 6) is -1.41. The number of esters is 1. The first-order chi connectivity index (χ1) is 27.7. The smallest absolute Gasteiger partial charge is 0.329 e. The van der Waals surface area contributed by atoms with E-state index < -0.39 is 65.5 Å². The van der Waals surface area contributed by atoms with Crippen molar-refractivity contribution < 1.29 is 38.6 Å². The number of aliphatic imine (C=N–C) groups is 1. The maximum absolute atomic E-state index is 14.6. The van der Waals surface area contributed by atoms with Gasteiger partial charge in [-0.3, -0.25) is 24.2 Å². The van der Waals surface area contributed by atoms with E-state index in [1.165, 1.54) is 16.8 Å². The van der Waals surface area contributed by atoms with Crippen molar-refractivity contribution in [1.29, 1.82) is 0 Å². The molecule has 0 spiro atoms. The number of cyclic esters (lactones) is 1. The topological polar surface area (TPSA) is 158 Å². The highest BCUT2D eigenvalue weighted by atomic mass is 32.2. The number of fused-ring (bicyclic) bond motifs is 2. The number of aliphatic hydroxyl groups excluding tert-OH is 1. The zero-order chi connectivity index (χ0) is 43.9. The summed E-state index contributed by atoms with van der Waals surface area (Å²) in [5, 5.41) is 15.2. The summed E-state index contributed by atoms with van der Waals surface area (Å²) < 4.78 is 11.6. The van der Waals surface area contributed by atoms with E-state index in [1.807, 2.05) is 60.6 Å². The van der Waals surface area contributed by atoms with Gasteiger partial charge >= 0.3 is 5.97 Å². The van der Waals surface area contributed by atoms with E-state index in [0.29, 0.717) is 55.7 Å². The molecule has 0 aliphatic carbocycles. The van der Waals surface area contributed by atoms with E-state index >= 15 is 0 Å². The standard InChI is InChI=1S/C45H69N5O8S/c1-13-27(3)38-43(55)50-20-14-15-35(50)44(56)58-37(45(7,8)9)22-26(2)21-36(51)29(5)40-46-32(25-59-40)23-28(4)39(52)47-34(24-31-16-18-33(57-12)19-17-31)42(54)48(10)30(6)41(53)49(38)11/h16-19,23,26-27,29-30,32,34-38,51H,13-15,20-22,24-25H2,1-12H3,(H,47,52)/b28-23+/t26-,27+,29-,30-,32-,34-,35-,36-,37-,38-/m0/s1. The van der Waals surface area contributed by atoms with Crippen molar-refractivity contribution in [2.24, 2.45) is 28.2 Å². The number of ether oxygens (including phenoxy) is 2. The van der Waals surface area contributed by atoms with Crippen molar-refractivity contribution in [3.05, 3.63) is 41.5 Å². The second-order valence-corrected chi connectivity index (χ2v) is 19.1. The number of thioether (sulfide) groups is 1. The van der Waals surface area contributed by atoms with E-state index in [2.05, 4.69) is 5.32 Å². The summed E-state index contributed by atoms with van der Waals surface area (Å²) in [6, 6.07) is 3.19. The van der Waals surface area contributed by atoms with E-state index in [1.54, 1.807) is 62.9 Å². The first-order valence-corrected chi connectivity index (χ1v) is 22.2. The number of methoxy groups -OCH3 is 1. The van der Waals surface area contributed by atoms with Gasteiger partial charge in [-0.25, -0.2) is 4.79 Å². The largest absolute Gasteiger partial charge is 0.497 e. The monoisotopic (exact) mass is 839 g/mol. The van der Waals surface area contributed by atoms with E-state index in [-0.39, 0.29) is 36.1 Å². The van der Waals surface area contributed by atoms with Crippen LogP contribution in [0.15, 0.2) is 40.9 Å².